The van der Waals surface area contributed by atoms with Crippen LogP contribution in [0, 0.1) is 5.82 Å². The summed E-state index contributed by atoms with van der Waals surface area (Å²) < 4.78 is 37.4. The molecule has 1 atom stereocenters. The van der Waals surface area contributed by atoms with Gasteiger partial charge in [-0.3, -0.25) is 4.68 Å². The largest absolute Gasteiger partial charge is 0.497 e. The molecule has 0 spiro atoms. The van der Waals surface area contributed by atoms with E-state index < -0.39 is 5.82 Å². The maximum Gasteiger partial charge on any atom is 0.278 e. The van der Waals surface area contributed by atoms with Crippen molar-refractivity contribution in [3.63, 3.8) is 0 Å². The first-order valence-electron chi connectivity index (χ1n) is 9.65. The van der Waals surface area contributed by atoms with Crippen LogP contribution in [0.3, 0.4) is 0 Å². The van der Waals surface area contributed by atoms with Gasteiger partial charge in [0.1, 0.15) is 11.9 Å². The normalized spacial score (nSPS) is 15.5. The number of ether oxygens (including phenoxy) is 3. The molecule has 1 aliphatic rings. The van der Waals surface area contributed by atoms with Gasteiger partial charge in [0.15, 0.2) is 17.3 Å². The van der Waals surface area contributed by atoms with Gasteiger partial charge in [-0.05, 0) is 42.0 Å². The molecular formula is C22H19FN4O4. The quantitative estimate of drug-likeness (QED) is 0.480. The van der Waals surface area contributed by atoms with Gasteiger partial charge >= 0.3 is 0 Å². The third kappa shape index (κ3) is 3.64. The fourth-order valence-electron chi connectivity index (χ4n) is 3.50. The smallest absolute Gasteiger partial charge is 0.278 e. The Hall–Kier alpha value is -3.72. The molecule has 0 fully saturated rings. The number of aromatic nitrogens is 4. The Labute approximate surface area is 177 Å². The molecule has 0 bridgehead atoms. The predicted molar refractivity (Wildman–Crippen MR) is 108 cm³/mol. The molecule has 158 valence electrons. The van der Waals surface area contributed by atoms with Crippen LogP contribution in [0.25, 0.3) is 23.0 Å². The summed E-state index contributed by atoms with van der Waals surface area (Å²) in [4.78, 5) is 4.37. The SMILES string of the molecule is COc1ccc(C2Cn3nc(-c4nc(-c5ccc(OC)c(F)c5)no4)cc3CO2)cc1. The van der Waals surface area contributed by atoms with Gasteiger partial charge in [0.05, 0.1) is 33.1 Å². The zero-order valence-electron chi connectivity index (χ0n) is 16.9. The highest BCUT2D eigenvalue weighted by Gasteiger charge is 2.24. The molecule has 0 radical (unpaired) electrons. The third-order valence-electron chi connectivity index (χ3n) is 5.18. The molecule has 1 unspecified atom stereocenters. The molecule has 4 aromatic rings. The van der Waals surface area contributed by atoms with Crippen molar-refractivity contribution >= 4 is 0 Å². The molecule has 31 heavy (non-hydrogen) atoms. The minimum absolute atomic E-state index is 0.119. The summed E-state index contributed by atoms with van der Waals surface area (Å²) in [5.74, 6) is 0.987. The second kappa shape index (κ2) is 7.84. The third-order valence-corrected chi connectivity index (χ3v) is 5.18. The Bertz CT molecular complexity index is 1220. The minimum Gasteiger partial charge on any atom is -0.497 e. The monoisotopic (exact) mass is 422 g/mol. The predicted octanol–water partition coefficient (Wildman–Crippen LogP) is 4.03. The van der Waals surface area contributed by atoms with Gasteiger partial charge in [0.2, 0.25) is 5.82 Å². The van der Waals surface area contributed by atoms with Crippen molar-refractivity contribution in [3.05, 3.63) is 65.6 Å². The van der Waals surface area contributed by atoms with Crippen LogP contribution in [0.5, 0.6) is 11.5 Å². The lowest BCUT2D eigenvalue weighted by atomic mass is 10.1. The molecule has 8 nitrogen and oxygen atoms in total. The number of nitrogens with zero attached hydrogens (tertiary/aromatic N) is 4. The fourth-order valence-corrected chi connectivity index (χ4v) is 3.50. The van der Waals surface area contributed by atoms with E-state index >= 15 is 0 Å². The molecule has 0 N–H and O–H groups in total. The van der Waals surface area contributed by atoms with E-state index in [0.717, 1.165) is 17.0 Å². The van der Waals surface area contributed by atoms with Crippen LogP contribution in [-0.2, 0) is 17.9 Å². The number of methoxy groups -OCH3 is 2. The van der Waals surface area contributed by atoms with E-state index in [0.29, 0.717) is 24.4 Å². The first kappa shape index (κ1) is 19.3. The van der Waals surface area contributed by atoms with Crippen molar-refractivity contribution < 1.29 is 23.1 Å². The van der Waals surface area contributed by atoms with Gasteiger partial charge in [-0.15, -0.1) is 0 Å². The molecule has 2 aromatic heterocycles. The molecule has 0 amide bonds. The Morgan fingerprint density at radius 1 is 1.06 bits per heavy atom. The van der Waals surface area contributed by atoms with E-state index in [1.165, 1.54) is 19.2 Å². The zero-order chi connectivity index (χ0) is 21.4. The van der Waals surface area contributed by atoms with Crippen molar-refractivity contribution in [2.24, 2.45) is 0 Å². The first-order valence-corrected chi connectivity index (χ1v) is 9.65. The van der Waals surface area contributed by atoms with E-state index in [-0.39, 0.29) is 23.6 Å². The number of fused-ring (bicyclic) bond motifs is 1. The van der Waals surface area contributed by atoms with Crippen LogP contribution in [0.2, 0.25) is 0 Å². The van der Waals surface area contributed by atoms with Gasteiger partial charge in [-0.1, -0.05) is 17.3 Å². The Balaban J connectivity index is 1.37. The standard InChI is InChI=1S/C22H19FN4O4/c1-28-16-6-3-13(4-7-16)20-11-27-15(12-30-20)10-18(25-27)22-24-21(26-31-22)14-5-8-19(29-2)17(23)9-14/h3-10,20H,11-12H2,1-2H3. The van der Waals surface area contributed by atoms with E-state index in [9.17, 15) is 4.39 Å². The van der Waals surface area contributed by atoms with Gasteiger partial charge < -0.3 is 18.7 Å². The van der Waals surface area contributed by atoms with Crippen molar-refractivity contribution in [1.29, 1.82) is 0 Å². The lowest BCUT2D eigenvalue weighted by Crippen LogP contribution is -2.21. The summed E-state index contributed by atoms with van der Waals surface area (Å²) in [6.45, 7) is 0.973. The molecule has 9 heteroatoms. The van der Waals surface area contributed by atoms with E-state index in [2.05, 4.69) is 15.2 Å². The highest BCUT2D eigenvalue weighted by molar-refractivity contribution is 5.59. The molecule has 5 rings (SSSR count). The number of rotatable bonds is 5. The minimum atomic E-state index is -0.495. The van der Waals surface area contributed by atoms with Crippen molar-refractivity contribution in [2.45, 2.75) is 19.3 Å². The Morgan fingerprint density at radius 3 is 2.65 bits per heavy atom. The highest BCUT2D eigenvalue weighted by atomic mass is 19.1. The molecule has 0 aliphatic carbocycles. The maximum atomic E-state index is 14.0. The van der Waals surface area contributed by atoms with Crippen LogP contribution < -0.4 is 9.47 Å². The summed E-state index contributed by atoms with van der Waals surface area (Å²) in [6, 6.07) is 14.1. The molecule has 2 aromatic carbocycles. The van der Waals surface area contributed by atoms with E-state index in [4.69, 9.17) is 18.7 Å². The van der Waals surface area contributed by atoms with Crippen LogP contribution in [0.4, 0.5) is 4.39 Å². The van der Waals surface area contributed by atoms with Crippen molar-refractivity contribution in [1.82, 2.24) is 19.9 Å². The summed E-state index contributed by atoms with van der Waals surface area (Å²) in [5, 5.41) is 8.56. The van der Waals surface area contributed by atoms with Crippen LogP contribution in [0.1, 0.15) is 17.4 Å². The second-order valence-corrected chi connectivity index (χ2v) is 7.05. The lowest BCUT2D eigenvalue weighted by Gasteiger charge is -2.24. The van der Waals surface area contributed by atoms with E-state index in [1.807, 2.05) is 35.0 Å². The molecule has 3 heterocycles. The van der Waals surface area contributed by atoms with Gasteiger partial charge in [-0.2, -0.15) is 10.1 Å². The Morgan fingerprint density at radius 2 is 1.90 bits per heavy atom. The van der Waals surface area contributed by atoms with Crippen molar-refractivity contribution in [3.8, 4) is 34.5 Å². The van der Waals surface area contributed by atoms with Gasteiger partial charge in [0.25, 0.3) is 5.89 Å². The molecule has 0 saturated heterocycles. The number of halogens is 1. The Kier molecular flexibility index (Phi) is 4.87. The number of hydrogen-bond acceptors (Lipinski definition) is 7. The summed E-state index contributed by atoms with van der Waals surface area (Å²) >= 11 is 0. The van der Waals surface area contributed by atoms with Gasteiger partial charge in [-0.25, -0.2) is 4.39 Å². The highest BCUT2D eigenvalue weighted by Crippen LogP contribution is 2.30. The van der Waals surface area contributed by atoms with Crippen LogP contribution in [-0.4, -0.2) is 34.1 Å². The molecule has 1 aliphatic heterocycles. The second-order valence-electron chi connectivity index (χ2n) is 7.05. The first-order chi connectivity index (χ1) is 15.1. The maximum absolute atomic E-state index is 14.0. The molecular weight excluding hydrogens is 403 g/mol. The van der Waals surface area contributed by atoms with Crippen LogP contribution in [0.15, 0.2) is 53.1 Å². The average Bonchev–Trinajstić information content (AvgIpc) is 3.46. The topological polar surface area (TPSA) is 84.4 Å². The summed E-state index contributed by atoms with van der Waals surface area (Å²) in [6.07, 6.45) is -0.119. The van der Waals surface area contributed by atoms with Crippen molar-refractivity contribution in [2.75, 3.05) is 14.2 Å². The number of benzene rings is 2. The molecule has 0 saturated carbocycles. The van der Waals surface area contributed by atoms with Crippen LogP contribution >= 0.6 is 0 Å². The van der Waals surface area contributed by atoms with Gasteiger partial charge in [0, 0.05) is 5.56 Å². The lowest BCUT2D eigenvalue weighted by molar-refractivity contribution is -0.00115. The summed E-state index contributed by atoms with van der Waals surface area (Å²) in [5.41, 5.74) is 2.99. The average molecular weight is 422 g/mol. The summed E-state index contributed by atoms with van der Waals surface area (Å²) in [7, 11) is 3.05. The zero-order valence-corrected chi connectivity index (χ0v) is 16.9. The fraction of sp³-hybridized carbons (Fsp3) is 0.227. The number of hydrogen-bond donors (Lipinski definition) is 0. The van der Waals surface area contributed by atoms with E-state index in [1.54, 1.807) is 13.2 Å².